The molecule has 4 nitrogen and oxygen atoms in total. The average molecular weight is 333 g/mol. The van der Waals surface area contributed by atoms with Gasteiger partial charge in [0.25, 0.3) is 0 Å². The normalized spacial score (nSPS) is 16.0. The van der Waals surface area contributed by atoms with Crippen molar-refractivity contribution in [2.24, 2.45) is 11.5 Å². The van der Waals surface area contributed by atoms with Crippen molar-refractivity contribution in [2.75, 3.05) is 0 Å². The van der Waals surface area contributed by atoms with Crippen molar-refractivity contribution < 1.29 is 9.53 Å². The highest BCUT2D eigenvalue weighted by Gasteiger charge is 2.53. The summed E-state index contributed by atoms with van der Waals surface area (Å²) in [5.74, 6) is 0. The number of nitrogens with two attached hydrogens (primary N) is 2. The molecule has 122 valence electrons. The van der Waals surface area contributed by atoms with E-state index in [1.54, 1.807) is 0 Å². The van der Waals surface area contributed by atoms with Crippen LogP contribution in [-0.2, 0) is 16.7 Å². The van der Waals surface area contributed by atoms with Crippen LogP contribution in [0, 0.1) is 0 Å². The third-order valence-electron chi connectivity index (χ3n) is 4.39. The Labute approximate surface area is 142 Å². The lowest BCUT2D eigenvalue weighted by Crippen LogP contribution is -2.27. The first-order valence-corrected chi connectivity index (χ1v) is 7.46. The number of ether oxygens (including phenoxy) is 1. The summed E-state index contributed by atoms with van der Waals surface area (Å²) < 4.78 is 5.49. The van der Waals surface area contributed by atoms with E-state index in [9.17, 15) is 4.79 Å². The summed E-state index contributed by atoms with van der Waals surface area (Å²) in [6, 6.07) is 18.0. The molecule has 1 amide bonds. The molecule has 3 rings (SSSR count). The Balaban J connectivity index is 0.00000192. The van der Waals surface area contributed by atoms with Crippen LogP contribution >= 0.6 is 12.4 Å². The van der Waals surface area contributed by atoms with Crippen molar-refractivity contribution in [3.8, 4) is 0 Å². The van der Waals surface area contributed by atoms with Crippen molar-refractivity contribution in [1.82, 2.24) is 0 Å². The molecule has 0 heterocycles. The van der Waals surface area contributed by atoms with E-state index in [2.05, 4.69) is 12.1 Å². The van der Waals surface area contributed by atoms with Crippen LogP contribution in [0.4, 0.5) is 4.79 Å². The third kappa shape index (κ3) is 3.49. The lowest BCUT2D eigenvalue weighted by atomic mass is 9.85. The maximum Gasteiger partial charge on any atom is 0.405 e. The number of halogens is 1. The van der Waals surface area contributed by atoms with Crippen LogP contribution in [0.15, 0.2) is 54.6 Å². The van der Waals surface area contributed by atoms with Gasteiger partial charge in [-0.25, -0.2) is 4.79 Å². The van der Waals surface area contributed by atoms with Crippen molar-refractivity contribution in [2.45, 2.75) is 30.9 Å². The highest BCUT2D eigenvalue weighted by atomic mass is 35.5. The lowest BCUT2D eigenvalue weighted by molar-refractivity contribution is 0.0819. The fourth-order valence-electron chi connectivity index (χ4n) is 3.05. The van der Waals surface area contributed by atoms with Gasteiger partial charge >= 0.3 is 6.09 Å². The van der Waals surface area contributed by atoms with Crippen molar-refractivity contribution in [3.05, 3.63) is 71.3 Å². The van der Waals surface area contributed by atoms with E-state index in [4.69, 9.17) is 16.2 Å². The van der Waals surface area contributed by atoms with Gasteiger partial charge in [0.1, 0.15) is 6.10 Å². The summed E-state index contributed by atoms with van der Waals surface area (Å²) >= 11 is 0. The number of amides is 1. The molecule has 1 fully saturated rings. The SMILES string of the molecule is Cl.NCc1ccc(C2(C(OC(N)=O)c3ccccc3)CC2)cc1. The number of primary amides is 1. The van der Waals surface area contributed by atoms with Crippen LogP contribution < -0.4 is 11.5 Å². The third-order valence-corrected chi connectivity index (χ3v) is 4.39. The van der Waals surface area contributed by atoms with Crippen molar-refractivity contribution in [3.63, 3.8) is 0 Å². The molecule has 23 heavy (non-hydrogen) atoms. The summed E-state index contributed by atoms with van der Waals surface area (Å²) in [6.07, 6.45) is 0.859. The summed E-state index contributed by atoms with van der Waals surface area (Å²) in [5, 5.41) is 0. The van der Waals surface area contributed by atoms with E-state index >= 15 is 0 Å². The van der Waals surface area contributed by atoms with Crippen molar-refractivity contribution in [1.29, 1.82) is 0 Å². The average Bonchev–Trinajstić information content (AvgIpc) is 3.35. The largest absolute Gasteiger partial charge is 0.441 e. The fourth-order valence-corrected chi connectivity index (χ4v) is 3.05. The molecule has 0 aromatic heterocycles. The summed E-state index contributed by atoms with van der Waals surface area (Å²) in [5.41, 5.74) is 14.0. The molecule has 1 aliphatic rings. The number of hydrogen-bond donors (Lipinski definition) is 2. The second kappa shape index (κ2) is 7.02. The number of hydrogen-bond acceptors (Lipinski definition) is 3. The van der Waals surface area contributed by atoms with E-state index < -0.39 is 6.09 Å². The van der Waals surface area contributed by atoms with Gasteiger partial charge in [-0.2, -0.15) is 0 Å². The van der Waals surface area contributed by atoms with Crippen LogP contribution in [-0.4, -0.2) is 6.09 Å². The van der Waals surface area contributed by atoms with Gasteiger partial charge in [0.05, 0.1) is 0 Å². The number of benzene rings is 2. The first kappa shape index (κ1) is 17.3. The Bertz CT molecular complexity index is 654. The maximum atomic E-state index is 11.4. The number of carbonyl (C=O) groups is 1. The van der Waals surface area contributed by atoms with Crippen LogP contribution in [0.5, 0.6) is 0 Å². The lowest BCUT2D eigenvalue weighted by Gasteiger charge is -2.27. The minimum Gasteiger partial charge on any atom is -0.441 e. The van der Waals surface area contributed by atoms with Gasteiger partial charge in [-0.05, 0) is 29.5 Å². The topological polar surface area (TPSA) is 78.3 Å². The van der Waals surface area contributed by atoms with Crippen LogP contribution in [0.3, 0.4) is 0 Å². The predicted molar refractivity (Wildman–Crippen MR) is 92.3 cm³/mol. The molecule has 5 heteroatoms. The van der Waals surface area contributed by atoms with Crippen LogP contribution in [0.25, 0.3) is 0 Å². The quantitative estimate of drug-likeness (QED) is 0.880. The molecular formula is C18H21ClN2O2. The fraction of sp³-hybridized carbons (Fsp3) is 0.278. The Morgan fingerprint density at radius 1 is 1.09 bits per heavy atom. The highest BCUT2D eigenvalue weighted by Crippen LogP contribution is 2.58. The maximum absolute atomic E-state index is 11.4. The Kier molecular flexibility index (Phi) is 5.29. The van der Waals surface area contributed by atoms with Gasteiger partial charge in [-0.3, -0.25) is 0 Å². The minimum atomic E-state index is -0.737. The molecular weight excluding hydrogens is 312 g/mol. The second-order valence-electron chi connectivity index (χ2n) is 5.78. The minimum absolute atomic E-state index is 0. The van der Waals surface area contributed by atoms with Gasteiger partial charge in [0.15, 0.2) is 0 Å². The molecule has 0 spiro atoms. The molecule has 1 atom stereocenters. The zero-order chi connectivity index (χ0) is 15.6. The smallest absolute Gasteiger partial charge is 0.405 e. The Hall–Kier alpha value is -2.04. The van der Waals surface area contributed by atoms with Crippen LogP contribution in [0.1, 0.15) is 35.6 Å². The first-order valence-electron chi connectivity index (χ1n) is 7.46. The van der Waals surface area contributed by atoms with E-state index in [1.165, 1.54) is 5.56 Å². The molecule has 1 saturated carbocycles. The van der Waals surface area contributed by atoms with Gasteiger partial charge in [-0.1, -0.05) is 54.6 Å². The summed E-state index contributed by atoms with van der Waals surface area (Å²) in [4.78, 5) is 11.4. The Morgan fingerprint density at radius 3 is 2.17 bits per heavy atom. The standard InChI is InChI=1S/C18H20N2O2.ClH/c19-12-13-6-8-15(9-7-13)18(10-11-18)16(22-17(20)21)14-4-2-1-3-5-14;/h1-9,16H,10-12,19H2,(H2,20,21);1H. The summed E-state index contributed by atoms with van der Waals surface area (Å²) in [7, 11) is 0. The van der Waals surface area contributed by atoms with E-state index in [0.29, 0.717) is 6.54 Å². The predicted octanol–water partition coefficient (Wildman–Crippen LogP) is 3.44. The van der Waals surface area contributed by atoms with E-state index in [1.807, 2.05) is 42.5 Å². The van der Waals surface area contributed by atoms with Crippen molar-refractivity contribution >= 4 is 18.5 Å². The van der Waals surface area contributed by atoms with Gasteiger partial charge in [0.2, 0.25) is 0 Å². The molecule has 0 bridgehead atoms. The first-order chi connectivity index (χ1) is 10.7. The Morgan fingerprint density at radius 2 is 1.70 bits per heavy atom. The van der Waals surface area contributed by atoms with Gasteiger partial charge in [-0.15, -0.1) is 12.4 Å². The molecule has 0 radical (unpaired) electrons. The van der Waals surface area contributed by atoms with E-state index in [-0.39, 0.29) is 23.9 Å². The number of carbonyl (C=O) groups excluding carboxylic acids is 1. The van der Waals surface area contributed by atoms with Gasteiger partial charge < -0.3 is 16.2 Å². The molecule has 0 aliphatic heterocycles. The van der Waals surface area contributed by atoms with Gasteiger partial charge in [0, 0.05) is 12.0 Å². The molecule has 1 unspecified atom stereocenters. The molecule has 0 saturated heterocycles. The molecule has 2 aromatic rings. The zero-order valence-electron chi connectivity index (χ0n) is 12.8. The molecule has 2 aromatic carbocycles. The highest BCUT2D eigenvalue weighted by molar-refractivity contribution is 5.85. The van der Waals surface area contributed by atoms with E-state index in [0.717, 1.165) is 24.0 Å². The van der Waals surface area contributed by atoms with Crippen LogP contribution in [0.2, 0.25) is 0 Å². The summed E-state index contributed by atoms with van der Waals surface area (Å²) in [6.45, 7) is 0.521. The second-order valence-corrected chi connectivity index (χ2v) is 5.78. The zero-order valence-corrected chi connectivity index (χ0v) is 13.6. The number of rotatable bonds is 5. The molecule has 4 N–H and O–H groups in total. The monoisotopic (exact) mass is 332 g/mol. The molecule has 1 aliphatic carbocycles.